The van der Waals surface area contributed by atoms with E-state index in [1.807, 2.05) is 69.3 Å². The fourth-order valence-corrected chi connectivity index (χ4v) is 3.24. The van der Waals surface area contributed by atoms with E-state index in [1.165, 1.54) is 4.68 Å². The molecule has 2 aromatic heterocycles. The van der Waals surface area contributed by atoms with Crippen LogP contribution in [0.4, 0.5) is 5.82 Å². The molecule has 3 N–H and O–H groups in total. The van der Waals surface area contributed by atoms with E-state index in [0.717, 1.165) is 17.5 Å². The summed E-state index contributed by atoms with van der Waals surface area (Å²) in [5.41, 5.74) is 11.0. The predicted molar refractivity (Wildman–Crippen MR) is 121 cm³/mol. The number of aryl methyl sites for hydroxylation is 1. The van der Waals surface area contributed by atoms with Crippen LogP contribution in [0.1, 0.15) is 41.8 Å². The van der Waals surface area contributed by atoms with Crippen LogP contribution in [0.25, 0.3) is 22.2 Å². The quantitative estimate of drug-likeness (QED) is 0.497. The molecule has 0 aliphatic carbocycles. The number of nitrogens with two attached hydrogens (primary N) is 1. The highest BCUT2D eigenvalue weighted by Gasteiger charge is 2.24. The van der Waals surface area contributed by atoms with Gasteiger partial charge in [0.25, 0.3) is 5.91 Å². The van der Waals surface area contributed by atoms with Gasteiger partial charge in [-0.05, 0) is 43.5 Å². The van der Waals surface area contributed by atoms with Crippen molar-refractivity contribution in [2.75, 3.05) is 5.73 Å². The number of carbonyl (C=O) groups is 1. The Bertz CT molecular complexity index is 1270. The van der Waals surface area contributed by atoms with Crippen LogP contribution in [0, 0.1) is 6.92 Å². The van der Waals surface area contributed by atoms with Crippen molar-refractivity contribution in [3.8, 4) is 0 Å². The Hall–Kier alpha value is -3.74. The van der Waals surface area contributed by atoms with Crippen molar-refractivity contribution in [1.29, 1.82) is 0 Å². The van der Waals surface area contributed by atoms with Gasteiger partial charge in [0, 0.05) is 6.04 Å². The number of rotatable bonds is 5. The lowest BCUT2D eigenvalue weighted by Gasteiger charge is -2.11. The average molecular weight is 400 g/mol. The van der Waals surface area contributed by atoms with Gasteiger partial charge in [-0.1, -0.05) is 43.3 Å². The van der Waals surface area contributed by atoms with Crippen LogP contribution >= 0.6 is 0 Å². The van der Waals surface area contributed by atoms with E-state index in [9.17, 15) is 4.79 Å². The molecular formula is C23H24N6O. The maximum atomic E-state index is 13.0. The molecule has 1 unspecified atom stereocenters. The van der Waals surface area contributed by atoms with E-state index in [2.05, 4.69) is 15.4 Å². The van der Waals surface area contributed by atoms with Crippen LogP contribution in [0.2, 0.25) is 0 Å². The van der Waals surface area contributed by atoms with Gasteiger partial charge in [-0.15, -0.1) is 0 Å². The third-order valence-corrected chi connectivity index (χ3v) is 5.19. The molecule has 4 rings (SSSR count). The summed E-state index contributed by atoms with van der Waals surface area (Å²) in [6, 6.07) is 15.4. The number of para-hydroxylation sites is 2. The highest BCUT2D eigenvalue weighted by molar-refractivity contribution is 6.10. The van der Waals surface area contributed by atoms with Gasteiger partial charge in [0.05, 0.1) is 17.2 Å². The van der Waals surface area contributed by atoms with E-state index in [1.54, 1.807) is 6.21 Å². The zero-order valence-corrected chi connectivity index (χ0v) is 17.3. The average Bonchev–Trinajstić information content (AvgIpc) is 3.01. The van der Waals surface area contributed by atoms with Gasteiger partial charge >= 0.3 is 0 Å². The van der Waals surface area contributed by atoms with Crippen molar-refractivity contribution in [1.82, 2.24) is 20.0 Å². The van der Waals surface area contributed by atoms with Gasteiger partial charge in [0.2, 0.25) is 0 Å². The molecule has 1 atom stereocenters. The first kappa shape index (κ1) is 19.6. The molecule has 0 saturated carbocycles. The standard InChI is InChI=1S/C23H24N6O/c1-4-15(3)26-23(30)19-20-22(28-18-12-8-7-11-17(18)27-20)29(21(19)24)25-13-16-10-6-5-9-14(16)2/h5-13,15H,4,24H2,1-3H3,(H,26,30)/b25-13+. The van der Waals surface area contributed by atoms with E-state index in [4.69, 9.17) is 10.7 Å². The topological polar surface area (TPSA) is 98.2 Å². The number of hydrogen-bond acceptors (Lipinski definition) is 5. The highest BCUT2D eigenvalue weighted by atomic mass is 16.1. The summed E-state index contributed by atoms with van der Waals surface area (Å²) in [7, 11) is 0. The van der Waals surface area contributed by atoms with Crippen molar-refractivity contribution < 1.29 is 4.79 Å². The molecule has 4 aromatic rings. The Balaban J connectivity index is 1.92. The minimum absolute atomic E-state index is 0.0131. The van der Waals surface area contributed by atoms with Crippen LogP contribution in [0.15, 0.2) is 53.6 Å². The zero-order valence-electron chi connectivity index (χ0n) is 17.3. The van der Waals surface area contributed by atoms with E-state index < -0.39 is 0 Å². The number of nitrogen functional groups attached to an aromatic ring is 1. The molecule has 0 aliphatic heterocycles. The minimum Gasteiger partial charge on any atom is -0.383 e. The van der Waals surface area contributed by atoms with Gasteiger partial charge < -0.3 is 11.1 Å². The van der Waals surface area contributed by atoms with Gasteiger partial charge in [0.1, 0.15) is 16.9 Å². The van der Waals surface area contributed by atoms with Crippen molar-refractivity contribution in [3.63, 3.8) is 0 Å². The molecule has 1 amide bonds. The first-order chi connectivity index (χ1) is 14.5. The lowest BCUT2D eigenvalue weighted by molar-refractivity contribution is 0.0941. The van der Waals surface area contributed by atoms with Crippen molar-refractivity contribution in [3.05, 3.63) is 65.2 Å². The molecule has 152 valence electrons. The summed E-state index contributed by atoms with van der Waals surface area (Å²) in [6.07, 6.45) is 2.53. The normalized spacial score (nSPS) is 12.6. The molecule has 0 radical (unpaired) electrons. The number of aromatic nitrogens is 3. The Morgan fingerprint density at radius 2 is 1.83 bits per heavy atom. The van der Waals surface area contributed by atoms with E-state index in [0.29, 0.717) is 27.8 Å². The molecular weight excluding hydrogens is 376 g/mol. The van der Waals surface area contributed by atoms with Crippen molar-refractivity contribution in [2.45, 2.75) is 33.2 Å². The predicted octanol–water partition coefficient (Wildman–Crippen LogP) is 3.89. The monoisotopic (exact) mass is 400 g/mol. The Labute approximate surface area is 174 Å². The molecule has 2 aromatic carbocycles. The lowest BCUT2D eigenvalue weighted by Crippen LogP contribution is -2.32. The minimum atomic E-state index is -0.277. The Morgan fingerprint density at radius 3 is 2.53 bits per heavy atom. The van der Waals surface area contributed by atoms with Crippen LogP contribution in [0.5, 0.6) is 0 Å². The third-order valence-electron chi connectivity index (χ3n) is 5.19. The van der Waals surface area contributed by atoms with Crippen LogP contribution in [0.3, 0.4) is 0 Å². The van der Waals surface area contributed by atoms with E-state index in [-0.39, 0.29) is 17.8 Å². The summed E-state index contributed by atoms with van der Waals surface area (Å²) >= 11 is 0. The Kier molecular flexibility index (Phi) is 5.18. The summed E-state index contributed by atoms with van der Waals surface area (Å²) in [6.45, 7) is 5.97. The second kappa shape index (κ2) is 7.94. The van der Waals surface area contributed by atoms with E-state index >= 15 is 0 Å². The number of nitrogens with one attached hydrogen (secondary N) is 1. The summed E-state index contributed by atoms with van der Waals surface area (Å²) in [4.78, 5) is 22.4. The first-order valence-corrected chi connectivity index (χ1v) is 9.97. The summed E-state index contributed by atoms with van der Waals surface area (Å²) in [5.74, 6) is -0.0628. The number of nitrogens with zero attached hydrogens (tertiary/aromatic N) is 4. The number of hydrogen-bond donors (Lipinski definition) is 2. The van der Waals surface area contributed by atoms with Crippen LogP contribution < -0.4 is 11.1 Å². The van der Waals surface area contributed by atoms with Crippen molar-refractivity contribution >= 4 is 40.1 Å². The fourth-order valence-electron chi connectivity index (χ4n) is 3.24. The summed E-state index contributed by atoms with van der Waals surface area (Å²) < 4.78 is 1.49. The van der Waals surface area contributed by atoms with Crippen LogP contribution in [-0.2, 0) is 0 Å². The number of fused-ring (bicyclic) bond motifs is 2. The van der Waals surface area contributed by atoms with Crippen molar-refractivity contribution in [2.24, 2.45) is 5.10 Å². The molecule has 0 spiro atoms. The molecule has 0 saturated heterocycles. The molecule has 2 heterocycles. The number of carbonyl (C=O) groups excluding carboxylic acids is 1. The van der Waals surface area contributed by atoms with Gasteiger partial charge in [-0.2, -0.15) is 9.78 Å². The maximum Gasteiger partial charge on any atom is 0.257 e. The first-order valence-electron chi connectivity index (χ1n) is 9.97. The lowest BCUT2D eigenvalue weighted by atomic mass is 10.1. The van der Waals surface area contributed by atoms with Gasteiger partial charge in [-0.3, -0.25) is 4.79 Å². The molecule has 0 aliphatic rings. The highest BCUT2D eigenvalue weighted by Crippen LogP contribution is 2.28. The largest absolute Gasteiger partial charge is 0.383 e. The van der Waals surface area contributed by atoms with Gasteiger partial charge in [-0.25, -0.2) is 9.97 Å². The SMILES string of the molecule is CCC(C)NC(=O)c1c(N)n(/N=C/c2ccccc2C)c2nc3ccccc3nc12. The smallest absolute Gasteiger partial charge is 0.257 e. The number of amides is 1. The molecule has 0 bridgehead atoms. The molecule has 7 nitrogen and oxygen atoms in total. The second-order valence-corrected chi connectivity index (χ2v) is 7.34. The van der Waals surface area contributed by atoms with Gasteiger partial charge in [0.15, 0.2) is 5.65 Å². The molecule has 0 fully saturated rings. The molecule has 30 heavy (non-hydrogen) atoms. The maximum absolute atomic E-state index is 13.0. The molecule has 7 heteroatoms. The zero-order chi connectivity index (χ0) is 21.3. The van der Waals surface area contributed by atoms with Crippen LogP contribution in [-0.4, -0.2) is 32.8 Å². The summed E-state index contributed by atoms with van der Waals surface area (Å²) in [5, 5.41) is 7.53. The third kappa shape index (κ3) is 3.50. The second-order valence-electron chi connectivity index (χ2n) is 7.34. The Morgan fingerprint density at radius 1 is 1.17 bits per heavy atom. The fraction of sp³-hybridized carbons (Fsp3) is 0.217. The number of anilines is 1. The number of benzene rings is 2.